The Morgan fingerprint density at radius 1 is 1.38 bits per heavy atom. The largest absolute Gasteiger partial charge is 0.454 e. The fourth-order valence-electron chi connectivity index (χ4n) is 3.36. The molecule has 1 unspecified atom stereocenters. The van der Waals surface area contributed by atoms with Gasteiger partial charge in [0.15, 0.2) is 23.0 Å². The number of carbonyl (C=O) groups is 1. The van der Waals surface area contributed by atoms with Gasteiger partial charge in [-0.2, -0.15) is 10.4 Å². The van der Waals surface area contributed by atoms with E-state index < -0.39 is 5.41 Å². The van der Waals surface area contributed by atoms with Crippen LogP contribution in [-0.4, -0.2) is 40.7 Å². The van der Waals surface area contributed by atoms with Crippen molar-refractivity contribution in [2.45, 2.75) is 40.3 Å². The van der Waals surface area contributed by atoms with Gasteiger partial charge in [-0.15, -0.1) is 0 Å². The normalized spacial score (nSPS) is 13.8. The molecule has 2 aromatic heterocycles. The third-order valence-electron chi connectivity index (χ3n) is 5.29. The SMILES string of the molecule is COC(C)Cn1nc(NC(=O)C(C)(C)C)c2cc(-c3ccc4c(c3C#N)OCO4)cnc21. The van der Waals surface area contributed by atoms with Crippen LogP contribution >= 0.6 is 0 Å². The van der Waals surface area contributed by atoms with E-state index in [4.69, 9.17) is 14.2 Å². The van der Waals surface area contributed by atoms with Crippen molar-refractivity contribution in [2.24, 2.45) is 5.41 Å². The second-order valence-electron chi connectivity index (χ2n) is 8.71. The number of ether oxygens (including phenoxy) is 3. The average Bonchev–Trinajstić information content (AvgIpc) is 3.37. The lowest BCUT2D eigenvalue weighted by Crippen LogP contribution is -2.28. The van der Waals surface area contributed by atoms with Crippen LogP contribution < -0.4 is 14.8 Å². The van der Waals surface area contributed by atoms with Crippen molar-refractivity contribution in [1.82, 2.24) is 14.8 Å². The van der Waals surface area contributed by atoms with E-state index in [2.05, 4.69) is 21.5 Å². The second kappa shape index (κ2) is 8.13. The summed E-state index contributed by atoms with van der Waals surface area (Å²) in [5.41, 5.74) is 1.77. The Bertz CT molecular complexity index is 1240. The molecule has 9 nitrogen and oxygen atoms in total. The van der Waals surface area contributed by atoms with E-state index in [9.17, 15) is 10.1 Å². The standard InChI is InChI=1S/C23H25N5O4/c1-13(30-5)11-28-21-16(20(27-28)26-22(29)23(2,3)4)8-14(10-25-21)15-6-7-18-19(17(15)9-24)32-12-31-18/h6-8,10,13H,11-12H2,1-5H3,(H,26,27,29). The van der Waals surface area contributed by atoms with Crippen LogP contribution in [0.3, 0.4) is 0 Å². The Labute approximate surface area is 185 Å². The number of nitriles is 1. The van der Waals surface area contributed by atoms with E-state index in [0.717, 1.165) is 0 Å². The minimum Gasteiger partial charge on any atom is -0.454 e. The maximum absolute atomic E-state index is 12.7. The van der Waals surface area contributed by atoms with Gasteiger partial charge in [0.25, 0.3) is 0 Å². The van der Waals surface area contributed by atoms with Crippen LogP contribution in [0.1, 0.15) is 33.3 Å². The first-order valence-electron chi connectivity index (χ1n) is 10.3. The Balaban J connectivity index is 1.85. The minimum atomic E-state index is -0.591. The number of nitrogens with zero attached hydrogens (tertiary/aromatic N) is 4. The summed E-state index contributed by atoms with van der Waals surface area (Å²) >= 11 is 0. The summed E-state index contributed by atoms with van der Waals surface area (Å²) in [6.45, 7) is 8.00. The second-order valence-corrected chi connectivity index (χ2v) is 8.71. The van der Waals surface area contributed by atoms with Crippen LogP contribution in [0.2, 0.25) is 0 Å². The van der Waals surface area contributed by atoms with Gasteiger partial charge in [0.1, 0.15) is 11.6 Å². The zero-order valence-corrected chi connectivity index (χ0v) is 18.7. The third-order valence-corrected chi connectivity index (χ3v) is 5.29. The van der Waals surface area contributed by atoms with Gasteiger partial charge < -0.3 is 19.5 Å². The topological polar surface area (TPSA) is 111 Å². The van der Waals surface area contributed by atoms with Gasteiger partial charge in [0, 0.05) is 29.8 Å². The lowest BCUT2D eigenvalue weighted by molar-refractivity contribution is -0.123. The van der Waals surface area contributed by atoms with Gasteiger partial charge in [-0.05, 0) is 25.1 Å². The van der Waals surface area contributed by atoms with Crippen LogP contribution in [0.25, 0.3) is 22.2 Å². The number of hydrogen-bond acceptors (Lipinski definition) is 7. The number of anilines is 1. The summed E-state index contributed by atoms with van der Waals surface area (Å²) in [7, 11) is 1.63. The first-order valence-corrected chi connectivity index (χ1v) is 10.3. The molecule has 3 heterocycles. The Kier molecular flexibility index (Phi) is 5.48. The summed E-state index contributed by atoms with van der Waals surface area (Å²) in [5, 5.41) is 18.0. The fourth-order valence-corrected chi connectivity index (χ4v) is 3.36. The van der Waals surface area contributed by atoms with Gasteiger partial charge in [-0.1, -0.05) is 20.8 Å². The first kappa shape index (κ1) is 21.6. The van der Waals surface area contributed by atoms with Gasteiger partial charge in [-0.25, -0.2) is 9.67 Å². The van der Waals surface area contributed by atoms with Crippen molar-refractivity contribution in [3.8, 4) is 28.7 Å². The van der Waals surface area contributed by atoms with Crippen LogP contribution in [0.4, 0.5) is 5.82 Å². The molecule has 0 bridgehead atoms. The summed E-state index contributed by atoms with van der Waals surface area (Å²) in [6, 6.07) is 7.66. The van der Waals surface area contributed by atoms with Crippen molar-refractivity contribution < 1.29 is 19.0 Å². The molecule has 4 rings (SSSR count). The molecule has 0 fully saturated rings. The van der Waals surface area contributed by atoms with Gasteiger partial charge >= 0.3 is 0 Å². The third kappa shape index (κ3) is 3.85. The highest BCUT2D eigenvalue weighted by atomic mass is 16.7. The maximum Gasteiger partial charge on any atom is 0.231 e. The van der Waals surface area contributed by atoms with Crippen molar-refractivity contribution in [2.75, 3.05) is 19.2 Å². The molecule has 1 aliphatic heterocycles. The molecule has 1 amide bonds. The average molecular weight is 435 g/mol. The number of amides is 1. The van der Waals surface area contributed by atoms with Gasteiger partial charge in [0.2, 0.25) is 12.7 Å². The molecule has 9 heteroatoms. The van der Waals surface area contributed by atoms with E-state index in [1.54, 1.807) is 30.1 Å². The number of nitrogens with one attached hydrogen (secondary N) is 1. The van der Waals surface area contributed by atoms with Gasteiger partial charge in [0.05, 0.1) is 18.0 Å². The number of aromatic nitrogens is 3. The molecule has 166 valence electrons. The molecule has 0 saturated heterocycles. The maximum atomic E-state index is 12.7. The number of carbonyl (C=O) groups excluding carboxylic acids is 1. The van der Waals surface area contributed by atoms with Crippen molar-refractivity contribution in [3.05, 3.63) is 30.0 Å². The summed E-state index contributed by atoms with van der Waals surface area (Å²) in [5.74, 6) is 1.22. The summed E-state index contributed by atoms with van der Waals surface area (Å²) < 4.78 is 18.0. The lowest BCUT2D eigenvalue weighted by Gasteiger charge is -2.16. The molecular formula is C23H25N5O4. The summed E-state index contributed by atoms with van der Waals surface area (Å²) in [4.78, 5) is 17.3. The van der Waals surface area contributed by atoms with Crippen LogP contribution in [0.15, 0.2) is 24.4 Å². The van der Waals surface area contributed by atoms with E-state index in [1.165, 1.54) is 0 Å². The number of benzene rings is 1. The lowest BCUT2D eigenvalue weighted by atomic mass is 9.95. The van der Waals surface area contributed by atoms with E-state index in [1.807, 2.05) is 33.8 Å². The van der Waals surface area contributed by atoms with Crippen molar-refractivity contribution >= 4 is 22.8 Å². The minimum absolute atomic E-state index is 0.0815. The highest BCUT2D eigenvalue weighted by molar-refractivity contribution is 6.02. The number of hydrogen-bond donors (Lipinski definition) is 1. The zero-order chi connectivity index (χ0) is 23.0. The highest BCUT2D eigenvalue weighted by Crippen LogP contribution is 2.41. The molecule has 3 aromatic rings. The number of fused-ring (bicyclic) bond motifs is 2. The smallest absolute Gasteiger partial charge is 0.231 e. The van der Waals surface area contributed by atoms with Crippen LogP contribution in [0.5, 0.6) is 11.5 Å². The monoisotopic (exact) mass is 435 g/mol. The molecule has 1 atom stereocenters. The molecular weight excluding hydrogens is 410 g/mol. The van der Waals surface area contributed by atoms with E-state index in [0.29, 0.717) is 51.6 Å². The van der Waals surface area contributed by atoms with Crippen LogP contribution in [0, 0.1) is 16.7 Å². The fraction of sp³-hybridized carbons (Fsp3) is 0.391. The Hall–Kier alpha value is -3.64. The van der Waals surface area contributed by atoms with Crippen molar-refractivity contribution in [3.63, 3.8) is 0 Å². The number of methoxy groups -OCH3 is 1. The summed E-state index contributed by atoms with van der Waals surface area (Å²) in [6.07, 6.45) is 1.59. The van der Waals surface area contributed by atoms with Crippen LogP contribution in [-0.2, 0) is 16.1 Å². The number of pyridine rings is 1. The zero-order valence-electron chi connectivity index (χ0n) is 18.7. The molecule has 1 aromatic carbocycles. The first-order chi connectivity index (χ1) is 15.2. The van der Waals surface area contributed by atoms with Crippen molar-refractivity contribution in [1.29, 1.82) is 5.26 Å². The van der Waals surface area contributed by atoms with E-state index >= 15 is 0 Å². The molecule has 0 saturated carbocycles. The predicted molar refractivity (Wildman–Crippen MR) is 118 cm³/mol. The highest BCUT2D eigenvalue weighted by Gasteiger charge is 2.26. The Morgan fingerprint density at radius 2 is 2.16 bits per heavy atom. The van der Waals surface area contributed by atoms with E-state index in [-0.39, 0.29) is 18.8 Å². The Morgan fingerprint density at radius 3 is 2.84 bits per heavy atom. The molecule has 0 aliphatic carbocycles. The molecule has 0 spiro atoms. The molecule has 32 heavy (non-hydrogen) atoms. The quantitative estimate of drug-likeness (QED) is 0.650. The molecule has 1 aliphatic rings. The number of rotatable bonds is 5. The molecule has 1 N–H and O–H groups in total. The molecule has 0 radical (unpaired) electrons. The van der Waals surface area contributed by atoms with Gasteiger partial charge in [-0.3, -0.25) is 4.79 Å². The predicted octanol–water partition coefficient (Wildman–Crippen LogP) is 3.72.